The molecule has 3 N–H and O–H groups in total. The van der Waals surface area contributed by atoms with Crippen molar-refractivity contribution in [2.24, 2.45) is 0 Å². The molecule has 0 amide bonds. The van der Waals surface area contributed by atoms with E-state index in [1.807, 2.05) is 0 Å². The van der Waals surface area contributed by atoms with Gasteiger partial charge in [0.1, 0.15) is 17.5 Å². The molecule has 204 valence electrons. The number of carbonyl (C=O) groups is 3. The molecule has 0 unspecified atom stereocenters. The van der Waals surface area contributed by atoms with Gasteiger partial charge in [-0.15, -0.1) is 13.3 Å². The minimum atomic E-state index is -1.04. The van der Waals surface area contributed by atoms with E-state index in [9.17, 15) is 27.6 Å². The van der Waals surface area contributed by atoms with E-state index in [2.05, 4.69) is 26.8 Å². The summed E-state index contributed by atoms with van der Waals surface area (Å²) in [5.74, 6) is -4.40. The van der Waals surface area contributed by atoms with Gasteiger partial charge < -0.3 is 15.3 Å². The maximum Gasteiger partial charge on any atom is 0.335 e. The molecule has 0 saturated heterocycles. The molecule has 1 aliphatic carbocycles. The number of allylic oxidation sites excluding steroid dienone is 4. The van der Waals surface area contributed by atoms with Gasteiger partial charge in [-0.05, 0) is 72.8 Å². The summed E-state index contributed by atoms with van der Waals surface area (Å²) in [6.45, 7) is 6.44. The fourth-order valence-electron chi connectivity index (χ4n) is 2.63. The quantitative estimate of drug-likeness (QED) is 0.228. The van der Waals surface area contributed by atoms with E-state index in [1.165, 1.54) is 53.1 Å². The summed E-state index contributed by atoms with van der Waals surface area (Å²) in [5.41, 5.74) is 4.54. The predicted molar refractivity (Wildman–Crippen MR) is 135 cm³/mol. The molecule has 0 aliphatic heterocycles. The van der Waals surface area contributed by atoms with Gasteiger partial charge in [0, 0.05) is 21.7 Å². The second-order valence-electron chi connectivity index (χ2n) is 7.82. The van der Waals surface area contributed by atoms with Crippen LogP contribution in [0.4, 0.5) is 13.2 Å². The third-order valence-electron chi connectivity index (χ3n) is 5.09. The molecule has 0 aromatic heterocycles. The SMILES string of the molecule is CC1=[C-]CC(C)=C1C.O=C(O)c1ccc(F)cc1.O=C(O)c1ccc(F)cc1.O=C(O)c1ccc(F)cc1.[Ti]. The van der Waals surface area contributed by atoms with Crippen molar-refractivity contribution in [2.45, 2.75) is 27.2 Å². The van der Waals surface area contributed by atoms with Gasteiger partial charge in [-0.2, -0.15) is 11.1 Å². The molecule has 0 atom stereocenters. The number of hydrogen-bond acceptors (Lipinski definition) is 3. The van der Waals surface area contributed by atoms with E-state index in [0.29, 0.717) is 0 Å². The van der Waals surface area contributed by atoms with Crippen molar-refractivity contribution in [2.75, 3.05) is 0 Å². The van der Waals surface area contributed by atoms with Crippen LogP contribution < -0.4 is 0 Å². The Morgan fingerprint density at radius 2 is 0.846 bits per heavy atom. The first-order valence-corrected chi connectivity index (χ1v) is 11.0. The van der Waals surface area contributed by atoms with Crippen LogP contribution in [0, 0.1) is 23.5 Å². The normalized spacial score (nSPS) is 11.2. The number of carboxylic acid groups (broad SMARTS) is 3. The average molecular weight is 575 g/mol. The molecular weight excluding hydrogens is 549 g/mol. The summed E-state index contributed by atoms with van der Waals surface area (Å²) in [6.07, 6.45) is 4.31. The van der Waals surface area contributed by atoms with Gasteiger partial charge in [-0.25, -0.2) is 33.1 Å². The molecule has 4 rings (SSSR count). The summed E-state index contributed by atoms with van der Waals surface area (Å²) in [4.78, 5) is 30.6. The fraction of sp³-hybridized carbons (Fsp3) is 0.138. The van der Waals surface area contributed by atoms with Crippen LogP contribution in [-0.2, 0) is 21.7 Å². The van der Waals surface area contributed by atoms with E-state index in [1.54, 1.807) is 0 Å². The van der Waals surface area contributed by atoms with Gasteiger partial charge in [-0.1, -0.05) is 13.8 Å². The first-order chi connectivity index (χ1) is 17.8. The molecule has 3 aromatic rings. The Balaban J connectivity index is 0.000000491. The molecule has 6 nitrogen and oxygen atoms in total. The maximum atomic E-state index is 12.2. The fourth-order valence-corrected chi connectivity index (χ4v) is 2.63. The van der Waals surface area contributed by atoms with Crippen LogP contribution in [0.2, 0.25) is 0 Å². The van der Waals surface area contributed by atoms with E-state index >= 15 is 0 Å². The van der Waals surface area contributed by atoms with Crippen molar-refractivity contribution in [3.05, 3.63) is 130 Å². The van der Waals surface area contributed by atoms with Crippen LogP contribution in [0.15, 0.2) is 89.5 Å². The zero-order valence-electron chi connectivity index (χ0n) is 21.3. The minimum Gasteiger partial charge on any atom is -0.478 e. The van der Waals surface area contributed by atoms with Crippen molar-refractivity contribution < 1.29 is 64.6 Å². The molecule has 0 heterocycles. The van der Waals surface area contributed by atoms with E-state index in [0.717, 1.165) is 42.8 Å². The first kappa shape index (κ1) is 35.1. The number of hydrogen-bond donors (Lipinski definition) is 3. The number of carboxylic acids is 3. The van der Waals surface area contributed by atoms with Crippen molar-refractivity contribution in [3.63, 3.8) is 0 Å². The summed E-state index contributed by atoms with van der Waals surface area (Å²) in [5, 5.41) is 25.1. The zero-order chi connectivity index (χ0) is 28.8. The molecule has 1 aliphatic rings. The minimum absolute atomic E-state index is 0. The van der Waals surface area contributed by atoms with Gasteiger partial charge in [0.2, 0.25) is 0 Å². The Hall–Kier alpha value is -3.95. The molecule has 0 saturated carbocycles. The van der Waals surface area contributed by atoms with Crippen molar-refractivity contribution in [3.8, 4) is 0 Å². The van der Waals surface area contributed by atoms with Gasteiger partial charge in [0.05, 0.1) is 16.7 Å². The van der Waals surface area contributed by atoms with Gasteiger partial charge in [0.25, 0.3) is 0 Å². The van der Waals surface area contributed by atoms with Gasteiger partial charge in [0.15, 0.2) is 0 Å². The molecule has 10 heteroatoms. The van der Waals surface area contributed by atoms with Gasteiger partial charge in [-0.3, -0.25) is 6.08 Å². The third-order valence-corrected chi connectivity index (χ3v) is 5.09. The van der Waals surface area contributed by atoms with E-state index < -0.39 is 35.4 Å². The Labute approximate surface area is 239 Å². The summed E-state index contributed by atoms with van der Waals surface area (Å²) in [7, 11) is 0. The van der Waals surface area contributed by atoms with Crippen LogP contribution in [-0.4, -0.2) is 33.2 Å². The number of halogens is 3. The Morgan fingerprint density at radius 3 is 0.974 bits per heavy atom. The summed E-state index contributed by atoms with van der Waals surface area (Å²) >= 11 is 0. The van der Waals surface area contributed by atoms with Crippen LogP contribution in [0.3, 0.4) is 0 Å². The second kappa shape index (κ2) is 17.5. The van der Waals surface area contributed by atoms with Crippen molar-refractivity contribution in [1.82, 2.24) is 0 Å². The Morgan fingerprint density at radius 1 is 0.590 bits per heavy atom. The van der Waals surface area contributed by atoms with Crippen LogP contribution in [0.1, 0.15) is 58.3 Å². The number of benzene rings is 3. The van der Waals surface area contributed by atoms with Crippen LogP contribution in [0.5, 0.6) is 0 Å². The molecule has 0 radical (unpaired) electrons. The molecule has 0 fully saturated rings. The van der Waals surface area contributed by atoms with E-state index in [-0.39, 0.29) is 38.4 Å². The smallest absolute Gasteiger partial charge is 0.335 e. The largest absolute Gasteiger partial charge is 0.478 e. The van der Waals surface area contributed by atoms with Gasteiger partial charge >= 0.3 is 17.9 Å². The molecule has 0 spiro atoms. The molecule has 39 heavy (non-hydrogen) atoms. The van der Waals surface area contributed by atoms with E-state index in [4.69, 9.17) is 15.3 Å². The molecule has 0 bridgehead atoms. The molecular formula is C29H26F3O6Ti-. The Kier molecular flexibility index (Phi) is 15.8. The van der Waals surface area contributed by atoms with Crippen molar-refractivity contribution in [1.29, 1.82) is 0 Å². The van der Waals surface area contributed by atoms with Crippen LogP contribution >= 0.6 is 0 Å². The topological polar surface area (TPSA) is 112 Å². The van der Waals surface area contributed by atoms with Crippen LogP contribution in [0.25, 0.3) is 0 Å². The first-order valence-electron chi connectivity index (χ1n) is 11.0. The Bertz CT molecular complexity index is 1160. The molecule has 3 aromatic carbocycles. The third kappa shape index (κ3) is 13.4. The number of aromatic carboxylic acids is 3. The van der Waals surface area contributed by atoms with Crippen molar-refractivity contribution >= 4 is 17.9 Å². The summed E-state index contributed by atoms with van der Waals surface area (Å²) < 4.78 is 36.5. The predicted octanol–water partition coefficient (Wildman–Crippen LogP) is 7.05. The monoisotopic (exact) mass is 575 g/mol. The number of rotatable bonds is 3. The maximum absolute atomic E-state index is 12.2. The second-order valence-corrected chi connectivity index (χ2v) is 7.82. The standard InChI is InChI=1S/C8H11.3C7H5FO2.Ti/c1-6-4-5-7(2)8(6)3;3*8-6-3-1-5(2-4-6)7(9)10;/h4H2,1-3H3;3*1-4H,(H,9,10);/q-1;;;;. The zero-order valence-corrected chi connectivity index (χ0v) is 22.9. The average Bonchev–Trinajstić information content (AvgIpc) is 3.17. The summed E-state index contributed by atoms with van der Waals surface area (Å²) in [6, 6.07) is 14.0.